The van der Waals surface area contributed by atoms with Crippen LogP contribution in [-0.2, 0) is 6.42 Å². The fourth-order valence-corrected chi connectivity index (χ4v) is 3.67. The van der Waals surface area contributed by atoms with Crippen molar-refractivity contribution < 1.29 is 19.4 Å². The quantitative estimate of drug-likeness (QED) is 0.334. The standard InChI is InChI=1S/C27H29ClN2O4.CH4/c1-18(2)34-25-13-10-21(17-24(25)28)27(33)30-23(14-15-31)16-19-8-11-22(12-9-19)29-26(32)20-6-4-3-5-7-20;/h3-13,17-18,23,31H,14-16H2,1-2H3,(H,29,32)(H,30,33);1H4/t23-;/m1./s1. The molecule has 6 nitrogen and oxygen atoms in total. The molecule has 2 amide bonds. The van der Waals surface area contributed by atoms with Gasteiger partial charge in [-0.05, 0) is 74.7 Å². The van der Waals surface area contributed by atoms with Gasteiger partial charge < -0.3 is 20.5 Å². The minimum atomic E-state index is -0.275. The van der Waals surface area contributed by atoms with Gasteiger partial charge in [0.05, 0.1) is 11.1 Å². The van der Waals surface area contributed by atoms with Crippen LogP contribution >= 0.6 is 11.6 Å². The molecule has 0 saturated heterocycles. The Kier molecular flexibility index (Phi) is 10.8. The van der Waals surface area contributed by atoms with Crippen LogP contribution in [-0.4, -0.2) is 35.7 Å². The zero-order valence-electron chi connectivity index (χ0n) is 19.3. The normalized spacial score (nSPS) is 11.3. The Bertz CT molecular complexity index is 1100. The van der Waals surface area contributed by atoms with E-state index in [1.807, 2.05) is 56.3 Å². The molecule has 0 bridgehead atoms. The number of rotatable bonds is 10. The molecule has 0 aliphatic carbocycles. The van der Waals surface area contributed by atoms with E-state index in [2.05, 4.69) is 10.6 Å². The number of benzene rings is 3. The van der Waals surface area contributed by atoms with Gasteiger partial charge in [0.1, 0.15) is 5.75 Å². The summed E-state index contributed by atoms with van der Waals surface area (Å²) in [6.45, 7) is 3.75. The van der Waals surface area contributed by atoms with Crippen molar-refractivity contribution in [2.75, 3.05) is 11.9 Å². The van der Waals surface area contributed by atoms with E-state index in [0.29, 0.717) is 40.4 Å². The van der Waals surface area contributed by atoms with Crippen LogP contribution in [0, 0.1) is 0 Å². The van der Waals surface area contributed by atoms with Crippen molar-refractivity contribution in [2.24, 2.45) is 0 Å². The Morgan fingerprint density at radius 2 is 1.63 bits per heavy atom. The molecule has 0 fully saturated rings. The van der Waals surface area contributed by atoms with Crippen LogP contribution in [0.2, 0.25) is 5.02 Å². The number of aliphatic hydroxyl groups is 1. The summed E-state index contributed by atoms with van der Waals surface area (Å²) in [6, 6.07) is 21.1. The molecule has 0 aliphatic rings. The summed E-state index contributed by atoms with van der Waals surface area (Å²) in [7, 11) is 0. The molecule has 0 saturated carbocycles. The van der Waals surface area contributed by atoms with Crippen LogP contribution in [0.5, 0.6) is 5.75 Å². The number of aliphatic hydroxyl groups excluding tert-OH is 1. The van der Waals surface area contributed by atoms with E-state index in [0.717, 1.165) is 5.56 Å². The number of hydrogen-bond acceptors (Lipinski definition) is 4. The zero-order chi connectivity index (χ0) is 24.5. The van der Waals surface area contributed by atoms with Crippen LogP contribution in [0.3, 0.4) is 0 Å². The lowest BCUT2D eigenvalue weighted by molar-refractivity contribution is 0.0929. The lowest BCUT2D eigenvalue weighted by Gasteiger charge is -2.19. The fourth-order valence-electron chi connectivity index (χ4n) is 3.44. The highest BCUT2D eigenvalue weighted by Gasteiger charge is 2.16. The van der Waals surface area contributed by atoms with E-state index >= 15 is 0 Å². The smallest absolute Gasteiger partial charge is 0.255 e. The molecular weight excluding hydrogens is 464 g/mol. The number of hydrogen-bond donors (Lipinski definition) is 3. The van der Waals surface area contributed by atoms with Gasteiger partial charge in [-0.2, -0.15) is 0 Å². The number of nitrogens with one attached hydrogen (secondary N) is 2. The van der Waals surface area contributed by atoms with Crippen molar-refractivity contribution in [3.63, 3.8) is 0 Å². The highest BCUT2D eigenvalue weighted by atomic mass is 35.5. The minimum Gasteiger partial charge on any atom is -0.489 e. The van der Waals surface area contributed by atoms with E-state index in [-0.39, 0.29) is 38.0 Å². The van der Waals surface area contributed by atoms with Crippen molar-refractivity contribution in [3.8, 4) is 5.75 Å². The molecule has 0 radical (unpaired) electrons. The maximum atomic E-state index is 12.8. The van der Waals surface area contributed by atoms with Crippen molar-refractivity contribution >= 4 is 29.1 Å². The number of carbonyl (C=O) groups is 2. The van der Waals surface area contributed by atoms with Gasteiger partial charge in [-0.3, -0.25) is 9.59 Å². The average molecular weight is 497 g/mol. The van der Waals surface area contributed by atoms with Crippen LogP contribution < -0.4 is 15.4 Å². The summed E-state index contributed by atoms with van der Waals surface area (Å²) in [5.74, 6) is 0.0741. The third kappa shape index (κ3) is 8.42. The molecule has 7 heteroatoms. The van der Waals surface area contributed by atoms with Gasteiger partial charge in [0.15, 0.2) is 0 Å². The minimum absolute atomic E-state index is 0. The molecule has 3 aromatic rings. The first-order chi connectivity index (χ1) is 16.4. The molecule has 35 heavy (non-hydrogen) atoms. The van der Waals surface area contributed by atoms with Crippen molar-refractivity contribution in [3.05, 3.63) is 94.5 Å². The molecule has 0 aliphatic heterocycles. The van der Waals surface area contributed by atoms with E-state index in [1.54, 1.807) is 30.3 Å². The maximum absolute atomic E-state index is 12.8. The Balaban J connectivity index is 0.00000432. The number of anilines is 1. The van der Waals surface area contributed by atoms with E-state index < -0.39 is 0 Å². The zero-order valence-corrected chi connectivity index (χ0v) is 20.0. The van der Waals surface area contributed by atoms with E-state index in [4.69, 9.17) is 16.3 Å². The van der Waals surface area contributed by atoms with E-state index in [9.17, 15) is 14.7 Å². The summed E-state index contributed by atoms with van der Waals surface area (Å²) in [5.41, 5.74) is 2.65. The largest absolute Gasteiger partial charge is 0.489 e. The molecular formula is C28H33ClN2O4. The predicted octanol–water partition coefficient (Wildman–Crippen LogP) is 5.74. The summed E-state index contributed by atoms with van der Waals surface area (Å²) in [4.78, 5) is 25.1. The Morgan fingerprint density at radius 1 is 0.943 bits per heavy atom. The number of carbonyl (C=O) groups excluding carboxylic acids is 2. The first kappa shape index (κ1) is 27.9. The fraction of sp³-hybridized carbons (Fsp3) is 0.286. The average Bonchev–Trinajstić information content (AvgIpc) is 2.82. The molecule has 0 aromatic heterocycles. The van der Waals surface area contributed by atoms with Crippen LogP contribution in [0.25, 0.3) is 0 Å². The first-order valence-electron chi connectivity index (χ1n) is 11.2. The molecule has 3 aromatic carbocycles. The van der Waals surface area contributed by atoms with Gasteiger partial charge in [-0.25, -0.2) is 0 Å². The number of halogens is 1. The van der Waals surface area contributed by atoms with Crippen LogP contribution in [0.15, 0.2) is 72.8 Å². The Labute approximate surface area is 212 Å². The Hall–Kier alpha value is -3.35. The molecule has 0 heterocycles. The highest BCUT2D eigenvalue weighted by molar-refractivity contribution is 6.32. The van der Waals surface area contributed by atoms with Gasteiger partial charge in [-0.1, -0.05) is 49.4 Å². The second kappa shape index (κ2) is 13.5. The second-order valence-electron chi connectivity index (χ2n) is 8.22. The SMILES string of the molecule is C.CC(C)Oc1ccc(C(=O)N[C@H](CCO)Cc2ccc(NC(=O)c3ccccc3)cc2)cc1Cl. The predicted molar refractivity (Wildman–Crippen MR) is 141 cm³/mol. The van der Waals surface area contributed by atoms with Crippen molar-refractivity contribution in [2.45, 2.75) is 46.3 Å². The van der Waals surface area contributed by atoms with Crippen molar-refractivity contribution in [1.29, 1.82) is 0 Å². The molecule has 3 N–H and O–H groups in total. The lowest BCUT2D eigenvalue weighted by Crippen LogP contribution is -2.37. The van der Waals surface area contributed by atoms with Gasteiger partial charge in [-0.15, -0.1) is 0 Å². The van der Waals surface area contributed by atoms with Gasteiger partial charge in [0.2, 0.25) is 0 Å². The molecule has 1 atom stereocenters. The van der Waals surface area contributed by atoms with E-state index in [1.165, 1.54) is 0 Å². The topological polar surface area (TPSA) is 87.7 Å². The number of ether oxygens (including phenoxy) is 1. The molecule has 0 unspecified atom stereocenters. The third-order valence-electron chi connectivity index (χ3n) is 5.10. The summed E-state index contributed by atoms with van der Waals surface area (Å²) in [5, 5.41) is 15.7. The first-order valence-corrected chi connectivity index (χ1v) is 11.6. The van der Waals surface area contributed by atoms with Crippen LogP contribution in [0.4, 0.5) is 5.69 Å². The molecule has 186 valence electrons. The second-order valence-corrected chi connectivity index (χ2v) is 8.62. The third-order valence-corrected chi connectivity index (χ3v) is 5.39. The lowest BCUT2D eigenvalue weighted by atomic mass is 10.0. The Morgan fingerprint density at radius 3 is 2.23 bits per heavy atom. The monoisotopic (exact) mass is 496 g/mol. The van der Waals surface area contributed by atoms with Crippen LogP contribution in [0.1, 0.15) is 54.0 Å². The maximum Gasteiger partial charge on any atom is 0.255 e. The molecule has 3 rings (SSSR count). The summed E-state index contributed by atoms with van der Waals surface area (Å²) in [6.07, 6.45) is 0.909. The summed E-state index contributed by atoms with van der Waals surface area (Å²) >= 11 is 6.26. The van der Waals surface area contributed by atoms with Crippen molar-refractivity contribution in [1.82, 2.24) is 5.32 Å². The van der Waals surface area contributed by atoms with Gasteiger partial charge >= 0.3 is 0 Å². The molecule has 0 spiro atoms. The van der Waals surface area contributed by atoms with Gasteiger partial charge in [0.25, 0.3) is 11.8 Å². The highest BCUT2D eigenvalue weighted by Crippen LogP contribution is 2.26. The number of amides is 2. The summed E-state index contributed by atoms with van der Waals surface area (Å²) < 4.78 is 5.61. The van der Waals surface area contributed by atoms with Gasteiger partial charge in [0, 0.05) is 29.5 Å².